The minimum atomic E-state index is -0.0522. The van der Waals surface area contributed by atoms with Crippen molar-refractivity contribution in [2.24, 2.45) is 7.05 Å². The molecule has 1 aromatic heterocycles. The number of hydrogen-bond donors (Lipinski definition) is 1. The Balaban J connectivity index is 1.86. The molecule has 2 rings (SSSR count). The third-order valence-corrected chi connectivity index (χ3v) is 3.16. The summed E-state index contributed by atoms with van der Waals surface area (Å²) in [6.07, 6.45) is 5.86. The van der Waals surface area contributed by atoms with Crippen molar-refractivity contribution in [2.75, 3.05) is 6.61 Å². The number of aromatic nitrogens is 3. The Morgan fingerprint density at radius 1 is 1.38 bits per heavy atom. The van der Waals surface area contributed by atoms with Crippen LogP contribution >= 0.6 is 0 Å². The molecule has 16 heavy (non-hydrogen) atoms. The van der Waals surface area contributed by atoms with Crippen LogP contribution in [0.2, 0.25) is 0 Å². The van der Waals surface area contributed by atoms with Crippen LogP contribution in [0.3, 0.4) is 0 Å². The lowest BCUT2D eigenvalue weighted by atomic mass is 10.0. The van der Waals surface area contributed by atoms with Crippen molar-refractivity contribution in [2.45, 2.75) is 44.8 Å². The Morgan fingerprint density at radius 2 is 2.19 bits per heavy atom. The monoisotopic (exact) mass is 225 g/mol. The van der Waals surface area contributed by atoms with Gasteiger partial charge in [-0.15, -0.1) is 10.2 Å². The van der Waals surface area contributed by atoms with E-state index in [-0.39, 0.29) is 6.61 Å². The van der Waals surface area contributed by atoms with Gasteiger partial charge in [-0.25, -0.2) is 0 Å². The second-order valence-electron chi connectivity index (χ2n) is 4.28. The number of aliphatic hydroxyl groups excluding tert-OH is 1. The second-order valence-corrected chi connectivity index (χ2v) is 4.28. The summed E-state index contributed by atoms with van der Waals surface area (Å²) >= 11 is 0. The summed E-state index contributed by atoms with van der Waals surface area (Å²) in [5, 5.41) is 17.0. The third kappa shape index (κ3) is 2.59. The van der Waals surface area contributed by atoms with E-state index in [2.05, 4.69) is 10.2 Å². The zero-order valence-electron chi connectivity index (χ0n) is 9.72. The molecule has 1 aromatic rings. The first-order chi connectivity index (χ1) is 7.81. The molecule has 0 aromatic carbocycles. The number of aryl methyl sites for hydroxylation is 1. The van der Waals surface area contributed by atoms with Gasteiger partial charge in [0.1, 0.15) is 12.4 Å². The highest BCUT2D eigenvalue weighted by atomic mass is 16.5. The van der Waals surface area contributed by atoms with Crippen LogP contribution in [0.1, 0.15) is 37.3 Å². The molecule has 1 N–H and O–H groups in total. The van der Waals surface area contributed by atoms with Crippen LogP contribution in [0.25, 0.3) is 0 Å². The van der Waals surface area contributed by atoms with Gasteiger partial charge in [0.15, 0.2) is 5.82 Å². The molecule has 5 heteroatoms. The summed E-state index contributed by atoms with van der Waals surface area (Å²) in [7, 11) is 1.89. The van der Waals surface area contributed by atoms with E-state index < -0.39 is 0 Å². The standard InChI is InChI=1S/C11H19N3O2/c1-14-10(12-13-11(14)8-15)6-5-9-4-2-3-7-16-9/h9,15H,2-8H2,1H3. The van der Waals surface area contributed by atoms with Crippen molar-refractivity contribution in [1.82, 2.24) is 14.8 Å². The predicted octanol–water partition coefficient (Wildman–Crippen LogP) is 0.809. The lowest BCUT2D eigenvalue weighted by molar-refractivity contribution is 0.0111. The van der Waals surface area contributed by atoms with E-state index in [4.69, 9.17) is 9.84 Å². The van der Waals surface area contributed by atoms with Crippen molar-refractivity contribution in [3.05, 3.63) is 11.6 Å². The van der Waals surface area contributed by atoms with E-state index in [1.807, 2.05) is 11.6 Å². The van der Waals surface area contributed by atoms with E-state index >= 15 is 0 Å². The summed E-state index contributed by atoms with van der Waals surface area (Å²) in [6.45, 7) is 0.842. The number of ether oxygens (including phenoxy) is 1. The maximum Gasteiger partial charge on any atom is 0.158 e. The highest BCUT2D eigenvalue weighted by Crippen LogP contribution is 2.17. The topological polar surface area (TPSA) is 60.2 Å². The highest BCUT2D eigenvalue weighted by molar-refractivity contribution is 4.94. The van der Waals surface area contributed by atoms with Crippen molar-refractivity contribution < 1.29 is 9.84 Å². The van der Waals surface area contributed by atoms with Crippen LogP contribution in [0.15, 0.2) is 0 Å². The summed E-state index contributed by atoms with van der Waals surface area (Å²) in [6, 6.07) is 0. The van der Waals surface area contributed by atoms with Crippen molar-refractivity contribution in [1.29, 1.82) is 0 Å². The minimum absolute atomic E-state index is 0.0522. The molecule has 1 aliphatic heterocycles. The minimum Gasteiger partial charge on any atom is -0.388 e. The first-order valence-corrected chi connectivity index (χ1v) is 5.91. The Kier molecular flexibility index (Phi) is 3.90. The van der Waals surface area contributed by atoms with E-state index in [1.54, 1.807) is 0 Å². The smallest absolute Gasteiger partial charge is 0.158 e. The number of nitrogens with zero attached hydrogens (tertiary/aromatic N) is 3. The largest absolute Gasteiger partial charge is 0.388 e. The van der Waals surface area contributed by atoms with Crippen LogP contribution < -0.4 is 0 Å². The molecule has 1 atom stereocenters. The molecule has 0 saturated carbocycles. The molecule has 5 nitrogen and oxygen atoms in total. The third-order valence-electron chi connectivity index (χ3n) is 3.16. The molecule has 90 valence electrons. The Morgan fingerprint density at radius 3 is 2.81 bits per heavy atom. The van der Waals surface area contributed by atoms with Crippen LogP contribution in [-0.2, 0) is 24.8 Å². The van der Waals surface area contributed by atoms with Crippen molar-refractivity contribution in [3.63, 3.8) is 0 Å². The number of aliphatic hydroxyl groups is 1. The van der Waals surface area contributed by atoms with Gasteiger partial charge in [-0.05, 0) is 25.7 Å². The van der Waals surface area contributed by atoms with Crippen LogP contribution in [0.4, 0.5) is 0 Å². The maximum absolute atomic E-state index is 9.00. The zero-order valence-corrected chi connectivity index (χ0v) is 9.72. The van der Waals surface area contributed by atoms with E-state index in [0.717, 1.165) is 31.7 Å². The van der Waals surface area contributed by atoms with E-state index in [0.29, 0.717) is 11.9 Å². The second kappa shape index (κ2) is 5.41. The normalized spacial score (nSPS) is 21.2. The van der Waals surface area contributed by atoms with Crippen LogP contribution in [0, 0.1) is 0 Å². The number of rotatable bonds is 4. The summed E-state index contributed by atoms with van der Waals surface area (Å²) in [4.78, 5) is 0. The lowest BCUT2D eigenvalue weighted by Gasteiger charge is -2.22. The number of hydrogen-bond acceptors (Lipinski definition) is 4. The highest BCUT2D eigenvalue weighted by Gasteiger charge is 2.15. The van der Waals surface area contributed by atoms with Crippen molar-refractivity contribution >= 4 is 0 Å². The average molecular weight is 225 g/mol. The van der Waals surface area contributed by atoms with Gasteiger partial charge in [-0.1, -0.05) is 0 Å². The van der Waals surface area contributed by atoms with Gasteiger partial charge in [0.2, 0.25) is 0 Å². The van der Waals surface area contributed by atoms with Gasteiger partial charge >= 0.3 is 0 Å². The molecular formula is C11H19N3O2. The molecule has 1 unspecified atom stereocenters. The SMILES string of the molecule is Cn1c(CO)nnc1CCC1CCCCO1. The zero-order chi connectivity index (χ0) is 11.4. The lowest BCUT2D eigenvalue weighted by Crippen LogP contribution is -2.20. The van der Waals surface area contributed by atoms with Crippen LogP contribution in [0.5, 0.6) is 0 Å². The van der Waals surface area contributed by atoms with Crippen LogP contribution in [-0.4, -0.2) is 32.6 Å². The average Bonchev–Trinajstić information content (AvgIpc) is 2.69. The first-order valence-electron chi connectivity index (χ1n) is 5.91. The molecule has 0 radical (unpaired) electrons. The molecule has 0 aliphatic carbocycles. The fourth-order valence-corrected chi connectivity index (χ4v) is 2.08. The maximum atomic E-state index is 9.00. The molecule has 1 fully saturated rings. The fraction of sp³-hybridized carbons (Fsp3) is 0.818. The van der Waals surface area contributed by atoms with E-state index in [9.17, 15) is 0 Å². The first kappa shape index (κ1) is 11.5. The summed E-state index contributed by atoms with van der Waals surface area (Å²) in [5.41, 5.74) is 0. The molecule has 1 aliphatic rings. The fourth-order valence-electron chi connectivity index (χ4n) is 2.08. The quantitative estimate of drug-likeness (QED) is 0.823. The molecule has 2 heterocycles. The Bertz CT molecular complexity index is 332. The molecule has 0 bridgehead atoms. The Labute approximate surface area is 95.4 Å². The van der Waals surface area contributed by atoms with Crippen molar-refractivity contribution in [3.8, 4) is 0 Å². The van der Waals surface area contributed by atoms with Gasteiger partial charge in [-0.3, -0.25) is 0 Å². The molecule has 1 saturated heterocycles. The predicted molar refractivity (Wildman–Crippen MR) is 58.8 cm³/mol. The molecule has 0 spiro atoms. The molecule has 0 amide bonds. The summed E-state index contributed by atoms with van der Waals surface area (Å²) < 4.78 is 7.53. The van der Waals surface area contributed by atoms with Gasteiger partial charge in [0.25, 0.3) is 0 Å². The van der Waals surface area contributed by atoms with Gasteiger partial charge in [0, 0.05) is 20.1 Å². The van der Waals surface area contributed by atoms with Gasteiger partial charge in [0.05, 0.1) is 6.10 Å². The van der Waals surface area contributed by atoms with Gasteiger partial charge in [-0.2, -0.15) is 0 Å². The molecular weight excluding hydrogens is 206 g/mol. The summed E-state index contributed by atoms with van der Waals surface area (Å²) in [5.74, 6) is 1.55. The Hall–Kier alpha value is -0.940. The van der Waals surface area contributed by atoms with Gasteiger partial charge < -0.3 is 14.4 Å². The van der Waals surface area contributed by atoms with E-state index in [1.165, 1.54) is 12.8 Å².